The van der Waals surface area contributed by atoms with Gasteiger partial charge in [-0.1, -0.05) is 60.7 Å². The van der Waals surface area contributed by atoms with Crippen LogP contribution >= 0.6 is 11.8 Å². The van der Waals surface area contributed by atoms with Crippen LogP contribution in [0.1, 0.15) is 28.0 Å². The van der Waals surface area contributed by atoms with Crippen molar-refractivity contribution in [2.45, 2.75) is 11.3 Å². The third kappa shape index (κ3) is 4.28. The molecular weight excluding hydrogens is 422 g/mol. The maximum atomic E-state index is 14.0. The van der Waals surface area contributed by atoms with E-state index in [9.17, 15) is 4.79 Å². The van der Waals surface area contributed by atoms with Crippen LogP contribution in [0.4, 0.5) is 0 Å². The maximum absolute atomic E-state index is 14.0. The second-order valence-corrected chi connectivity index (χ2v) is 8.65. The highest BCUT2D eigenvalue weighted by atomic mass is 32.2. The average Bonchev–Trinajstić information content (AvgIpc) is 3.34. The number of hydrogen-bond acceptors (Lipinski definition) is 5. The first-order chi connectivity index (χ1) is 15.7. The molecule has 1 atom stereocenters. The highest BCUT2D eigenvalue weighted by molar-refractivity contribution is 7.99. The van der Waals surface area contributed by atoms with Gasteiger partial charge in [0.25, 0.3) is 0 Å². The molecule has 1 amide bonds. The Kier molecular flexibility index (Phi) is 6.90. The minimum absolute atomic E-state index is 0.0780. The Labute approximate surface area is 193 Å². The molecule has 5 nitrogen and oxygen atoms in total. The monoisotopic (exact) mass is 449 g/mol. The molecule has 1 aliphatic heterocycles. The van der Waals surface area contributed by atoms with Gasteiger partial charge in [0.05, 0.1) is 27.2 Å². The van der Waals surface area contributed by atoms with Gasteiger partial charge in [0, 0.05) is 23.9 Å². The first-order valence-electron chi connectivity index (χ1n) is 10.5. The fourth-order valence-corrected chi connectivity index (χ4v) is 5.41. The topological polar surface area (TPSA) is 48.0 Å². The van der Waals surface area contributed by atoms with E-state index < -0.39 is 0 Å². The van der Waals surface area contributed by atoms with E-state index in [-0.39, 0.29) is 17.2 Å². The number of benzene rings is 3. The molecule has 166 valence electrons. The normalized spacial score (nSPS) is 15.6. The lowest BCUT2D eigenvalue weighted by molar-refractivity contribution is -0.132. The summed E-state index contributed by atoms with van der Waals surface area (Å²) in [5, 5.41) is -0.174. The number of methoxy groups -OCH3 is 3. The van der Waals surface area contributed by atoms with E-state index in [1.54, 1.807) is 33.1 Å². The summed E-state index contributed by atoms with van der Waals surface area (Å²) in [4.78, 5) is 16.0. The first kappa shape index (κ1) is 22.1. The van der Waals surface area contributed by atoms with Crippen molar-refractivity contribution < 1.29 is 19.0 Å². The van der Waals surface area contributed by atoms with Crippen LogP contribution in [0.3, 0.4) is 0 Å². The van der Waals surface area contributed by atoms with Crippen LogP contribution in [0.2, 0.25) is 0 Å². The SMILES string of the molecule is COc1cc(OC)c(C2SCCN2C(=O)C(c2ccccc2)c2ccccc2)cc1OC. The summed E-state index contributed by atoms with van der Waals surface area (Å²) in [6, 6.07) is 23.7. The molecule has 6 heteroatoms. The van der Waals surface area contributed by atoms with E-state index in [1.807, 2.05) is 77.7 Å². The van der Waals surface area contributed by atoms with Gasteiger partial charge in [0.15, 0.2) is 11.5 Å². The zero-order chi connectivity index (χ0) is 22.5. The average molecular weight is 450 g/mol. The van der Waals surface area contributed by atoms with Crippen LogP contribution in [-0.4, -0.2) is 44.4 Å². The number of nitrogens with zero attached hydrogens (tertiary/aromatic N) is 1. The van der Waals surface area contributed by atoms with Crippen LogP contribution in [0.15, 0.2) is 72.8 Å². The summed E-state index contributed by atoms with van der Waals surface area (Å²) in [5.41, 5.74) is 2.87. The Bertz CT molecular complexity index is 1020. The molecule has 4 rings (SSSR count). The minimum Gasteiger partial charge on any atom is -0.496 e. The zero-order valence-corrected chi connectivity index (χ0v) is 19.3. The summed E-state index contributed by atoms with van der Waals surface area (Å²) in [5.74, 6) is 2.45. The quantitative estimate of drug-likeness (QED) is 0.501. The highest BCUT2D eigenvalue weighted by Gasteiger charge is 2.37. The maximum Gasteiger partial charge on any atom is 0.235 e. The van der Waals surface area contributed by atoms with Crippen molar-refractivity contribution in [2.24, 2.45) is 0 Å². The molecule has 1 saturated heterocycles. The number of carbonyl (C=O) groups excluding carboxylic acids is 1. The van der Waals surface area contributed by atoms with Crippen LogP contribution in [-0.2, 0) is 4.79 Å². The highest BCUT2D eigenvalue weighted by Crippen LogP contribution is 2.47. The lowest BCUT2D eigenvalue weighted by Crippen LogP contribution is -2.35. The molecule has 1 fully saturated rings. The molecule has 32 heavy (non-hydrogen) atoms. The Morgan fingerprint density at radius 1 is 0.844 bits per heavy atom. The molecule has 0 bridgehead atoms. The van der Waals surface area contributed by atoms with Gasteiger partial charge in [-0.15, -0.1) is 11.8 Å². The van der Waals surface area contributed by atoms with Gasteiger partial charge in [0.2, 0.25) is 5.91 Å². The Balaban J connectivity index is 1.75. The number of thioether (sulfide) groups is 1. The largest absolute Gasteiger partial charge is 0.496 e. The number of rotatable bonds is 7. The lowest BCUT2D eigenvalue weighted by Gasteiger charge is -2.30. The zero-order valence-electron chi connectivity index (χ0n) is 18.5. The number of hydrogen-bond donors (Lipinski definition) is 0. The molecule has 0 radical (unpaired) electrons. The van der Waals surface area contributed by atoms with Crippen LogP contribution in [0, 0.1) is 0 Å². The van der Waals surface area contributed by atoms with Gasteiger partial charge in [-0.3, -0.25) is 4.79 Å². The number of carbonyl (C=O) groups is 1. The van der Waals surface area contributed by atoms with E-state index in [2.05, 4.69) is 0 Å². The minimum atomic E-state index is -0.371. The standard InChI is InChI=1S/C26H27NO4S/c1-29-21-17-23(31-3)22(30-2)16-20(21)26-27(14-15-32-26)25(28)24(18-10-6-4-7-11-18)19-12-8-5-9-13-19/h4-13,16-17,24,26H,14-15H2,1-3H3. The van der Waals surface area contributed by atoms with Crippen molar-refractivity contribution in [2.75, 3.05) is 33.6 Å². The van der Waals surface area contributed by atoms with Crippen molar-refractivity contribution in [3.05, 3.63) is 89.5 Å². The van der Waals surface area contributed by atoms with Crippen LogP contribution < -0.4 is 14.2 Å². The van der Waals surface area contributed by atoms with Gasteiger partial charge in [-0.2, -0.15) is 0 Å². The second-order valence-electron chi connectivity index (χ2n) is 7.46. The van der Waals surface area contributed by atoms with Crippen molar-refractivity contribution in [1.82, 2.24) is 4.90 Å². The van der Waals surface area contributed by atoms with E-state index in [1.165, 1.54) is 0 Å². The number of amides is 1. The van der Waals surface area contributed by atoms with E-state index in [0.717, 1.165) is 22.4 Å². The second kappa shape index (κ2) is 10.0. The number of ether oxygens (including phenoxy) is 3. The molecule has 0 aliphatic carbocycles. The Hall–Kier alpha value is -3.12. The third-order valence-corrected chi connectivity index (χ3v) is 6.93. The van der Waals surface area contributed by atoms with Gasteiger partial charge in [-0.05, 0) is 17.2 Å². The van der Waals surface area contributed by atoms with E-state index in [0.29, 0.717) is 23.8 Å². The molecule has 3 aromatic rings. The first-order valence-corrected chi connectivity index (χ1v) is 11.5. The molecule has 0 spiro atoms. The van der Waals surface area contributed by atoms with Gasteiger partial charge >= 0.3 is 0 Å². The van der Waals surface area contributed by atoms with Crippen molar-refractivity contribution >= 4 is 17.7 Å². The molecule has 1 heterocycles. The molecule has 0 saturated carbocycles. The fourth-order valence-electron chi connectivity index (χ4n) is 4.13. The summed E-state index contributed by atoms with van der Waals surface area (Å²) >= 11 is 1.73. The predicted molar refractivity (Wildman–Crippen MR) is 128 cm³/mol. The van der Waals surface area contributed by atoms with Crippen molar-refractivity contribution in [1.29, 1.82) is 0 Å². The summed E-state index contributed by atoms with van der Waals surface area (Å²) in [7, 11) is 4.84. The summed E-state index contributed by atoms with van der Waals surface area (Å²) < 4.78 is 16.6. The fraction of sp³-hybridized carbons (Fsp3) is 0.269. The smallest absolute Gasteiger partial charge is 0.235 e. The molecule has 3 aromatic carbocycles. The summed E-state index contributed by atoms with van der Waals surface area (Å²) in [6.45, 7) is 0.668. The molecule has 1 aliphatic rings. The third-order valence-electron chi connectivity index (χ3n) is 5.69. The molecular formula is C26H27NO4S. The Morgan fingerprint density at radius 3 is 1.91 bits per heavy atom. The van der Waals surface area contributed by atoms with Crippen molar-refractivity contribution in [3.63, 3.8) is 0 Å². The molecule has 1 unspecified atom stereocenters. The molecule has 0 aromatic heterocycles. The predicted octanol–water partition coefficient (Wildman–Crippen LogP) is 5.12. The Morgan fingerprint density at radius 2 is 1.38 bits per heavy atom. The van der Waals surface area contributed by atoms with E-state index >= 15 is 0 Å². The van der Waals surface area contributed by atoms with Crippen LogP contribution in [0.5, 0.6) is 17.2 Å². The van der Waals surface area contributed by atoms with Crippen molar-refractivity contribution in [3.8, 4) is 17.2 Å². The lowest BCUT2D eigenvalue weighted by atomic mass is 9.90. The van der Waals surface area contributed by atoms with E-state index in [4.69, 9.17) is 14.2 Å². The van der Waals surface area contributed by atoms with Crippen LogP contribution in [0.25, 0.3) is 0 Å². The van der Waals surface area contributed by atoms with Gasteiger partial charge < -0.3 is 19.1 Å². The van der Waals surface area contributed by atoms with Gasteiger partial charge in [-0.25, -0.2) is 0 Å². The molecule has 0 N–H and O–H groups in total. The van der Waals surface area contributed by atoms with Gasteiger partial charge in [0.1, 0.15) is 11.1 Å². The summed E-state index contributed by atoms with van der Waals surface area (Å²) in [6.07, 6.45) is 0.